The number of hydrazine groups is 1. The van der Waals surface area contributed by atoms with Crippen LogP contribution in [0.1, 0.15) is 5.56 Å². The van der Waals surface area contributed by atoms with E-state index < -0.39 is 0 Å². The fraction of sp³-hybridized carbons (Fsp3) is 0.0769. The molecule has 0 radical (unpaired) electrons. The molecule has 0 bridgehead atoms. The van der Waals surface area contributed by atoms with Gasteiger partial charge in [0.1, 0.15) is 5.69 Å². The standard InChI is InChI=1S/C13H11ClN2O3/c1-8-10(14)3-2-4-11(8)15-16(19)9-5-6-12(17)13(18)7-9/h2-7H,1H3,(H2-,15,17,18,19)/p+1. The number of anilines is 1. The molecule has 0 saturated heterocycles. The molecule has 0 aliphatic rings. The Morgan fingerprint density at radius 2 is 1.89 bits per heavy atom. The highest BCUT2D eigenvalue weighted by Crippen LogP contribution is 2.29. The van der Waals surface area contributed by atoms with Crippen LogP contribution >= 0.6 is 11.6 Å². The Balaban J connectivity index is 2.26. The summed E-state index contributed by atoms with van der Waals surface area (Å²) in [6.45, 7) is 1.78. The van der Waals surface area contributed by atoms with E-state index in [-0.39, 0.29) is 17.2 Å². The van der Waals surface area contributed by atoms with E-state index in [4.69, 9.17) is 11.6 Å². The van der Waals surface area contributed by atoms with Crippen LogP contribution in [-0.2, 0) is 0 Å². The molecule has 0 spiro atoms. The van der Waals surface area contributed by atoms with Gasteiger partial charge in [0.05, 0.1) is 11.0 Å². The van der Waals surface area contributed by atoms with Crippen LogP contribution in [-0.4, -0.2) is 15.1 Å². The number of aromatic hydroxyl groups is 2. The highest BCUT2D eigenvalue weighted by molar-refractivity contribution is 6.31. The molecule has 2 aromatic rings. The van der Waals surface area contributed by atoms with Crippen LogP contribution in [0.3, 0.4) is 0 Å². The van der Waals surface area contributed by atoms with Crippen LogP contribution in [0.4, 0.5) is 11.4 Å². The minimum atomic E-state index is -0.358. The number of halogens is 1. The van der Waals surface area contributed by atoms with Crippen molar-refractivity contribution in [3.63, 3.8) is 0 Å². The number of benzene rings is 2. The van der Waals surface area contributed by atoms with E-state index in [1.807, 2.05) is 0 Å². The first-order valence-corrected chi connectivity index (χ1v) is 5.88. The third kappa shape index (κ3) is 2.77. The van der Waals surface area contributed by atoms with Gasteiger partial charge in [0.25, 0.3) is 5.69 Å². The predicted molar refractivity (Wildman–Crippen MR) is 72.9 cm³/mol. The average Bonchev–Trinajstić information content (AvgIpc) is 2.38. The number of hydrogen-bond donors (Lipinski definition) is 3. The van der Waals surface area contributed by atoms with Gasteiger partial charge in [-0.3, -0.25) is 0 Å². The maximum absolute atomic E-state index is 11.9. The number of phenolic OH excluding ortho intramolecular Hbond substituents is 2. The number of rotatable bonds is 3. The van der Waals surface area contributed by atoms with Gasteiger partial charge in [0.2, 0.25) is 0 Å². The summed E-state index contributed by atoms with van der Waals surface area (Å²) in [7, 11) is 0. The Bertz CT molecular complexity index is 644. The molecule has 0 unspecified atom stereocenters. The molecule has 0 saturated carbocycles. The zero-order valence-electron chi connectivity index (χ0n) is 10.1. The third-order valence-corrected chi connectivity index (χ3v) is 3.09. The quantitative estimate of drug-likeness (QED) is 0.457. The van der Waals surface area contributed by atoms with E-state index in [1.165, 1.54) is 12.1 Å². The average molecular weight is 280 g/mol. The van der Waals surface area contributed by atoms with Crippen LogP contribution in [0.2, 0.25) is 5.02 Å². The highest BCUT2D eigenvalue weighted by Gasteiger charge is 2.18. The van der Waals surface area contributed by atoms with Gasteiger partial charge in [-0.05, 0) is 30.7 Å². The van der Waals surface area contributed by atoms with E-state index in [9.17, 15) is 15.1 Å². The molecule has 0 aliphatic heterocycles. The zero-order chi connectivity index (χ0) is 14.0. The Hall–Kier alpha value is -2.27. The second-order valence-corrected chi connectivity index (χ2v) is 4.40. The van der Waals surface area contributed by atoms with Crippen LogP contribution in [0.15, 0.2) is 36.4 Å². The molecule has 0 amide bonds. The van der Waals surface area contributed by atoms with Gasteiger partial charge in [0.15, 0.2) is 16.4 Å². The van der Waals surface area contributed by atoms with Crippen molar-refractivity contribution in [1.29, 1.82) is 0 Å². The van der Waals surface area contributed by atoms with E-state index >= 15 is 0 Å². The number of phenols is 2. The molecule has 3 N–H and O–H groups in total. The molecular weight excluding hydrogens is 268 g/mol. The lowest BCUT2D eigenvalue weighted by molar-refractivity contribution is -0.427. The minimum absolute atomic E-state index is 0.162. The number of nitrogens with one attached hydrogen (secondary N) is 1. The Kier molecular flexibility index (Phi) is 3.57. The smallest absolute Gasteiger partial charge is 0.296 e. The zero-order valence-corrected chi connectivity index (χ0v) is 10.8. The van der Waals surface area contributed by atoms with Gasteiger partial charge < -0.3 is 10.2 Å². The van der Waals surface area contributed by atoms with Crippen molar-refractivity contribution in [3.05, 3.63) is 51.9 Å². The summed E-state index contributed by atoms with van der Waals surface area (Å²) in [5.41, 5.74) is 4.08. The number of nitrogens with zero attached hydrogens (tertiary/aromatic N) is 1. The van der Waals surface area contributed by atoms with Gasteiger partial charge in [-0.1, -0.05) is 17.7 Å². The SMILES string of the molecule is Cc1c(Cl)cccc1N[N+](=O)c1ccc(O)c(O)c1. The lowest BCUT2D eigenvalue weighted by atomic mass is 10.2. The fourth-order valence-electron chi connectivity index (χ4n) is 1.54. The highest BCUT2D eigenvalue weighted by atomic mass is 35.5. The van der Waals surface area contributed by atoms with E-state index in [0.29, 0.717) is 15.6 Å². The van der Waals surface area contributed by atoms with Crippen molar-refractivity contribution in [2.24, 2.45) is 0 Å². The van der Waals surface area contributed by atoms with Crippen LogP contribution in [0.25, 0.3) is 0 Å². The summed E-state index contributed by atoms with van der Waals surface area (Å²) in [4.78, 5) is 12.4. The van der Waals surface area contributed by atoms with Gasteiger partial charge in [-0.2, -0.15) is 0 Å². The van der Waals surface area contributed by atoms with Crippen molar-refractivity contribution < 1.29 is 15.1 Å². The molecule has 0 heterocycles. The molecule has 5 nitrogen and oxygen atoms in total. The van der Waals surface area contributed by atoms with E-state index in [0.717, 1.165) is 11.6 Å². The summed E-state index contributed by atoms with van der Waals surface area (Å²) in [6.07, 6.45) is 0. The van der Waals surface area contributed by atoms with Crippen LogP contribution in [0, 0.1) is 11.8 Å². The Morgan fingerprint density at radius 3 is 2.58 bits per heavy atom. The Labute approximate surface area is 114 Å². The molecule has 6 heteroatoms. The fourth-order valence-corrected chi connectivity index (χ4v) is 1.72. The molecule has 98 valence electrons. The second kappa shape index (κ2) is 5.16. The summed E-state index contributed by atoms with van der Waals surface area (Å²) in [5, 5.41) is 19.1. The van der Waals surface area contributed by atoms with Crippen molar-refractivity contribution in [2.45, 2.75) is 6.92 Å². The molecule has 0 atom stereocenters. The first-order valence-electron chi connectivity index (χ1n) is 5.50. The topological polar surface area (TPSA) is 72.6 Å². The van der Waals surface area contributed by atoms with Gasteiger partial charge in [-0.15, -0.1) is 5.43 Å². The Morgan fingerprint density at radius 1 is 1.16 bits per heavy atom. The number of hydrogen-bond acceptors (Lipinski definition) is 3. The minimum Gasteiger partial charge on any atom is -0.504 e. The van der Waals surface area contributed by atoms with Crippen LogP contribution in [0.5, 0.6) is 11.5 Å². The first-order chi connectivity index (χ1) is 8.99. The van der Waals surface area contributed by atoms with E-state index in [1.54, 1.807) is 25.1 Å². The molecule has 0 aromatic heterocycles. The molecule has 2 rings (SSSR count). The van der Waals surface area contributed by atoms with E-state index in [2.05, 4.69) is 5.43 Å². The molecule has 0 aliphatic carbocycles. The van der Waals surface area contributed by atoms with Crippen molar-refractivity contribution in [3.8, 4) is 11.5 Å². The maximum Gasteiger partial charge on any atom is 0.296 e. The van der Waals surface area contributed by atoms with Crippen molar-refractivity contribution >= 4 is 23.0 Å². The van der Waals surface area contributed by atoms with Gasteiger partial charge in [-0.25, -0.2) is 0 Å². The molecule has 0 fully saturated rings. The third-order valence-electron chi connectivity index (χ3n) is 2.68. The summed E-state index contributed by atoms with van der Waals surface area (Å²) in [6, 6.07) is 8.95. The lowest BCUT2D eigenvalue weighted by Gasteiger charge is -2.04. The summed E-state index contributed by atoms with van der Waals surface area (Å²) < 4.78 is 0. The summed E-state index contributed by atoms with van der Waals surface area (Å²) in [5.74, 6) is -0.640. The monoisotopic (exact) mass is 279 g/mol. The predicted octanol–water partition coefficient (Wildman–Crippen LogP) is 3.50. The largest absolute Gasteiger partial charge is 0.504 e. The summed E-state index contributed by atoms with van der Waals surface area (Å²) >= 11 is 5.96. The normalized spacial score (nSPS) is 10.2. The van der Waals surface area contributed by atoms with Gasteiger partial charge >= 0.3 is 0 Å². The van der Waals surface area contributed by atoms with Gasteiger partial charge in [0, 0.05) is 11.1 Å². The molecule has 19 heavy (non-hydrogen) atoms. The lowest BCUT2D eigenvalue weighted by Crippen LogP contribution is -2.11. The van der Waals surface area contributed by atoms with Crippen LogP contribution < -0.4 is 5.43 Å². The molecule has 2 aromatic carbocycles. The van der Waals surface area contributed by atoms with Crippen molar-refractivity contribution in [1.82, 2.24) is 0 Å². The second-order valence-electron chi connectivity index (χ2n) is 3.99. The molecular formula is C13H12ClN2O3+. The maximum atomic E-state index is 11.9. The van der Waals surface area contributed by atoms with Crippen molar-refractivity contribution in [2.75, 3.05) is 5.43 Å². The first kappa shape index (κ1) is 13.2. The number of nitroso groups, excluding NO2 is 1.